The molecule has 0 aromatic heterocycles. The molecule has 28 heavy (non-hydrogen) atoms. The molecule has 6 saturated carbocycles. The molecule has 1 aromatic carbocycles. The van der Waals surface area contributed by atoms with Gasteiger partial charge in [0.25, 0.3) is 0 Å². The van der Waals surface area contributed by atoms with Crippen molar-refractivity contribution in [1.29, 1.82) is 0 Å². The zero-order chi connectivity index (χ0) is 18.7. The molecule has 6 fully saturated rings. The lowest BCUT2D eigenvalue weighted by molar-refractivity contribution is -0.0747. The smallest absolute Gasteiger partial charge is 0.130 e. The van der Waals surface area contributed by atoms with Gasteiger partial charge < -0.3 is 4.74 Å². The highest BCUT2D eigenvalue weighted by atomic mass is 19.1. The minimum absolute atomic E-state index is 0.0168. The van der Waals surface area contributed by atoms with E-state index in [1.165, 1.54) is 82.6 Å². The van der Waals surface area contributed by atoms with Crippen LogP contribution in [0.1, 0.15) is 94.1 Å². The van der Waals surface area contributed by atoms with Gasteiger partial charge in [0.2, 0.25) is 0 Å². The van der Waals surface area contributed by atoms with Gasteiger partial charge in [-0.1, -0.05) is 25.7 Å². The zero-order valence-corrected chi connectivity index (χ0v) is 17.2. The van der Waals surface area contributed by atoms with E-state index >= 15 is 0 Å². The molecule has 0 N–H and O–H groups in total. The Morgan fingerprint density at radius 3 is 2.14 bits per heavy atom. The number of hydrogen-bond donors (Lipinski definition) is 0. The summed E-state index contributed by atoms with van der Waals surface area (Å²) in [6, 6.07) is 3.96. The summed E-state index contributed by atoms with van der Waals surface area (Å²) in [6.07, 6.45) is 17.1. The molecule has 0 aliphatic heterocycles. The SMILES string of the molecule is Fc1cc(OCC23CC4CC(CC(C4)C2)C3)c(C2CC2)cc1CC1CCCC1. The summed E-state index contributed by atoms with van der Waals surface area (Å²) in [7, 11) is 0. The maximum absolute atomic E-state index is 15.0. The topological polar surface area (TPSA) is 9.23 Å². The molecule has 0 heterocycles. The van der Waals surface area contributed by atoms with Crippen LogP contribution in [0.3, 0.4) is 0 Å². The number of hydrogen-bond acceptors (Lipinski definition) is 1. The Bertz CT molecular complexity index is 708. The maximum Gasteiger partial charge on any atom is 0.130 e. The van der Waals surface area contributed by atoms with Gasteiger partial charge in [-0.2, -0.15) is 0 Å². The average Bonchev–Trinajstić information content (AvgIpc) is 3.37. The van der Waals surface area contributed by atoms with Gasteiger partial charge in [-0.05, 0) is 105 Å². The van der Waals surface area contributed by atoms with Gasteiger partial charge in [0, 0.05) is 11.5 Å². The van der Waals surface area contributed by atoms with Crippen LogP contribution in [0.5, 0.6) is 5.75 Å². The average molecular weight is 383 g/mol. The van der Waals surface area contributed by atoms with Gasteiger partial charge in [-0.25, -0.2) is 4.39 Å². The zero-order valence-electron chi connectivity index (χ0n) is 17.2. The van der Waals surface area contributed by atoms with E-state index in [9.17, 15) is 4.39 Å². The van der Waals surface area contributed by atoms with E-state index in [4.69, 9.17) is 4.74 Å². The second kappa shape index (κ2) is 6.74. The Balaban J connectivity index is 1.21. The van der Waals surface area contributed by atoms with Crippen molar-refractivity contribution in [1.82, 2.24) is 0 Å². The third-order valence-corrected chi connectivity index (χ3v) is 8.88. The number of rotatable bonds is 6. The second-order valence-electron chi connectivity index (χ2n) is 11.3. The molecule has 0 unspecified atom stereocenters. The van der Waals surface area contributed by atoms with Gasteiger partial charge in [-0.15, -0.1) is 0 Å². The molecule has 0 radical (unpaired) electrons. The molecule has 0 atom stereocenters. The third-order valence-electron chi connectivity index (χ3n) is 8.88. The maximum atomic E-state index is 15.0. The fourth-order valence-electron chi connectivity index (χ4n) is 7.84. The van der Waals surface area contributed by atoms with Gasteiger partial charge in [0.05, 0.1) is 6.61 Å². The molecular formula is C26H35FO. The molecule has 1 nitrogen and oxygen atoms in total. The van der Waals surface area contributed by atoms with E-state index in [2.05, 4.69) is 6.07 Å². The Hall–Kier alpha value is -1.05. The molecular weight excluding hydrogens is 347 g/mol. The molecule has 0 saturated heterocycles. The minimum Gasteiger partial charge on any atom is -0.493 e. The van der Waals surface area contributed by atoms with E-state index < -0.39 is 0 Å². The number of halogens is 1. The van der Waals surface area contributed by atoms with E-state index in [1.807, 2.05) is 0 Å². The van der Waals surface area contributed by atoms with Crippen molar-refractivity contribution in [2.75, 3.05) is 6.61 Å². The molecule has 6 aliphatic rings. The summed E-state index contributed by atoms with van der Waals surface area (Å²) < 4.78 is 21.5. The van der Waals surface area contributed by atoms with Crippen LogP contribution in [0.2, 0.25) is 0 Å². The summed E-state index contributed by atoms with van der Waals surface area (Å²) in [5.74, 6) is 5.02. The van der Waals surface area contributed by atoms with E-state index in [-0.39, 0.29) is 5.82 Å². The summed E-state index contributed by atoms with van der Waals surface area (Å²) in [5.41, 5.74) is 2.67. The van der Waals surface area contributed by atoms with Crippen molar-refractivity contribution < 1.29 is 9.13 Å². The molecule has 2 heteroatoms. The van der Waals surface area contributed by atoms with Crippen molar-refractivity contribution in [3.05, 3.63) is 29.1 Å². The Morgan fingerprint density at radius 1 is 0.893 bits per heavy atom. The summed E-state index contributed by atoms with van der Waals surface area (Å²) in [5, 5.41) is 0. The summed E-state index contributed by atoms with van der Waals surface area (Å²) in [4.78, 5) is 0. The van der Waals surface area contributed by atoms with Crippen LogP contribution in [-0.2, 0) is 6.42 Å². The first-order chi connectivity index (χ1) is 13.7. The van der Waals surface area contributed by atoms with E-state index in [0.717, 1.165) is 42.1 Å². The molecule has 0 spiro atoms. The van der Waals surface area contributed by atoms with Crippen LogP contribution >= 0.6 is 0 Å². The lowest BCUT2D eigenvalue weighted by Crippen LogP contribution is -2.48. The summed E-state index contributed by atoms with van der Waals surface area (Å²) in [6.45, 7) is 0.831. The second-order valence-corrected chi connectivity index (χ2v) is 11.3. The lowest BCUT2D eigenvalue weighted by atomic mass is 9.50. The predicted octanol–water partition coefficient (Wildman–Crippen LogP) is 7.03. The van der Waals surface area contributed by atoms with Crippen LogP contribution in [0.25, 0.3) is 0 Å². The molecule has 1 aromatic rings. The molecule has 152 valence electrons. The van der Waals surface area contributed by atoms with Crippen LogP contribution in [0.4, 0.5) is 4.39 Å². The Morgan fingerprint density at radius 2 is 1.54 bits per heavy atom. The number of benzene rings is 1. The highest BCUT2D eigenvalue weighted by molar-refractivity contribution is 5.43. The van der Waals surface area contributed by atoms with Crippen molar-refractivity contribution in [2.24, 2.45) is 29.1 Å². The lowest BCUT2D eigenvalue weighted by Gasteiger charge is -2.56. The monoisotopic (exact) mass is 382 g/mol. The van der Waals surface area contributed by atoms with Gasteiger partial charge >= 0.3 is 0 Å². The van der Waals surface area contributed by atoms with Crippen molar-refractivity contribution in [2.45, 2.75) is 89.4 Å². The normalized spacial score (nSPS) is 37.0. The standard InChI is InChI=1S/C26H35FO/c27-24-12-25(23(21-5-6-21)11-22(24)10-17-3-1-2-4-17)28-16-26-13-18-7-19(14-26)9-20(8-18)15-26/h11-12,17-21H,1-10,13-16H2. The third kappa shape index (κ3) is 3.29. The first kappa shape index (κ1) is 17.8. The van der Waals surface area contributed by atoms with Crippen LogP contribution in [0, 0.1) is 34.9 Å². The van der Waals surface area contributed by atoms with E-state index in [1.54, 1.807) is 6.07 Å². The fourth-order valence-corrected chi connectivity index (χ4v) is 7.84. The highest BCUT2D eigenvalue weighted by Gasteiger charge is 2.51. The highest BCUT2D eigenvalue weighted by Crippen LogP contribution is 2.60. The first-order valence-corrected chi connectivity index (χ1v) is 12.1. The first-order valence-electron chi connectivity index (χ1n) is 12.1. The van der Waals surface area contributed by atoms with Crippen molar-refractivity contribution >= 4 is 0 Å². The Labute approximate surface area is 169 Å². The van der Waals surface area contributed by atoms with Crippen LogP contribution < -0.4 is 4.74 Å². The molecule has 4 bridgehead atoms. The predicted molar refractivity (Wildman–Crippen MR) is 110 cm³/mol. The molecule has 7 rings (SSSR count). The van der Waals surface area contributed by atoms with Gasteiger partial charge in [-0.3, -0.25) is 0 Å². The Kier molecular flexibility index (Phi) is 4.28. The largest absolute Gasteiger partial charge is 0.493 e. The quantitative estimate of drug-likeness (QED) is 0.513. The van der Waals surface area contributed by atoms with Crippen LogP contribution in [0.15, 0.2) is 12.1 Å². The van der Waals surface area contributed by atoms with Crippen LogP contribution in [-0.4, -0.2) is 6.61 Å². The van der Waals surface area contributed by atoms with Crippen molar-refractivity contribution in [3.8, 4) is 5.75 Å². The molecule has 0 amide bonds. The van der Waals surface area contributed by atoms with E-state index in [0.29, 0.717) is 17.3 Å². The fraction of sp³-hybridized carbons (Fsp3) is 0.769. The molecule has 6 aliphatic carbocycles. The minimum atomic E-state index is -0.0168. The number of ether oxygens (including phenoxy) is 1. The van der Waals surface area contributed by atoms with Gasteiger partial charge in [0.15, 0.2) is 0 Å². The van der Waals surface area contributed by atoms with Gasteiger partial charge in [0.1, 0.15) is 11.6 Å². The van der Waals surface area contributed by atoms with Crippen molar-refractivity contribution in [3.63, 3.8) is 0 Å². The summed E-state index contributed by atoms with van der Waals surface area (Å²) >= 11 is 0.